The molecule has 0 radical (unpaired) electrons. The van der Waals surface area contributed by atoms with Crippen molar-refractivity contribution in [2.45, 2.75) is 25.4 Å². The Bertz CT molecular complexity index is 1280. The molecular formula is C21H19F2N7O. The van der Waals surface area contributed by atoms with E-state index in [9.17, 15) is 0 Å². The first-order valence-electron chi connectivity index (χ1n) is 10.1. The number of morpholine rings is 1. The normalized spacial score (nSPS) is 20.0. The van der Waals surface area contributed by atoms with Gasteiger partial charge < -0.3 is 9.64 Å². The molecule has 1 atom stereocenters. The number of alkyl halides is 2. The van der Waals surface area contributed by atoms with Crippen LogP contribution in [-0.2, 0) is 17.2 Å². The molecule has 1 saturated heterocycles. The highest BCUT2D eigenvalue weighted by molar-refractivity contribution is 6.03. The third-order valence-corrected chi connectivity index (χ3v) is 5.97. The van der Waals surface area contributed by atoms with E-state index in [0.29, 0.717) is 53.3 Å². The summed E-state index contributed by atoms with van der Waals surface area (Å²) >= 11 is 0. The molecule has 0 unspecified atom stereocenters. The standard InChI is InChI=1S/C21H19F2N7O/c1-12-10-31-9-8-29(12)20-17-16(15-4-7-26-30(15)11-21(17,22)23)13-2-5-24-19(18(13)27-20)14-3-6-25-28-14/h2-7,12H,8-11H2,1H3,(H,25,28)/t12-/m1/s1. The quantitative estimate of drug-likeness (QED) is 0.533. The average molecular weight is 423 g/mol. The molecule has 0 aromatic carbocycles. The summed E-state index contributed by atoms with van der Waals surface area (Å²) in [5.74, 6) is -2.84. The summed E-state index contributed by atoms with van der Waals surface area (Å²) < 4.78 is 38.1. The van der Waals surface area contributed by atoms with E-state index in [0.717, 1.165) is 0 Å². The van der Waals surface area contributed by atoms with Gasteiger partial charge in [-0.3, -0.25) is 14.8 Å². The van der Waals surface area contributed by atoms with E-state index in [2.05, 4.69) is 20.3 Å². The van der Waals surface area contributed by atoms with Crippen molar-refractivity contribution in [3.05, 3.63) is 42.4 Å². The zero-order chi connectivity index (χ0) is 21.2. The smallest absolute Gasteiger partial charge is 0.296 e. The number of rotatable bonds is 2. The van der Waals surface area contributed by atoms with Crippen LogP contribution in [0.1, 0.15) is 12.5 Å². The highest BCUT2D eigenvalue weighted by Gasteiger charge is 2.45. The number of ether oxygens (including phenoxy) is 1. The Hall–Kier alpha value is -3.40. The zero-order valence-corrected chi connectivity index (χ0v) is 16.7. The first-order valence-corrected chi connectivity index (χ1v) is 10.1. The van der Waals surface area contributed by atoms with Gasteiger partial charge in [-0.15, -0.1) is 0 Å². The number of fused-ring (bicyclic) bond motifs is 5. The lowest BCUT2D eigenvalue weighted by Gasteiger charge is -2.38. The molecule has 31 heavy (non-hydrogen) atoms. The molecule has 2 aliphatic heterocycles. The van der Waals surface area contributed by atoms with Crippen molar-refractivity contribution in [2.24, 2.45) is 0 Å². The lowest BCUT2D eigenvalue weighted by atomic mass is 9.91. The van der Waals surface area contributed by atoms with Crippen LogP contribution in [0.3, 0.4) is 0 Å². The van der Waals surface area contributed by atoms with Gasteiger partial charge in [0.15, 0.2) is 0 Å². The second-order valence-electron chi connectivity index (χ2n) is 7.91. The Labute approximate surface area is 175 Å². The van der Waals surface area contributed by atoms with Crippen molar-refractivity contribution in [1.82, 2.24) is 29.9 Å². The monoisotopic (exact) mass is 423 g/mol. The number of nitrogens with one attached hydrogen (secondary N) is 1. The molecule has 1 N–H and O–H groups in total. The molecule has 6 rings (SSSR count). The van der Waals surface area contributed by atoms with Gasteiger partial charge in [0.25, 0.3) is 5.92 Å². The average Bonchev–Trinajstić information content (AvgIpc) is 3.44. The number of hydrogen-bond acceptors (Lipinski definition) is 6. The molecule has 158 valence electrons. The van der Waals surface area contributed by atoms with E-state index >= 15 is 8.78 Å². The number of nitrogens with zero attached hydrogens (tertiary/aromatic N) is 6. The SMILES string of the molecule is C[C@@H]1COCCN1c1nc2c(-c3ccn[nH]3)nccc2c2c1C(F)(F)Cn1nccc1-2. The Kier molecular flexibility index (Phi) is 3.88. The van der Waals surface area contributed by atoms with Crippen LogP contribution < -0.4 is 4.90 Å². The second kappa shape index (κ2) is 6.55. The molecule has 2 aliphatic rings. The van der Waals surface area contributed by atoms with E-state index < -0.39 is 12.5 Å². The minimum atomic E-state index is -3.12. The van der Waals surface area contributed by atoms with Crippen LogP contribution in [-0.4, -0.2) is 55.7 Å². The number of aromatic amines is 1. The van der Waals surface area contributed by atoms with Gasteiger partial charge in [-0.25, -0.2) is 4.98 Å². The molecule has 8 nitrogen and oxygen atoms in total. The largest absolute Gasteiger partial charge is 0.377 e. The third kappa shape index (κ3) is 2.67. The van der Waals surface area contributed by atoms with Gasteiger partial charge in [0.1, 0.15) is 23.6 Å². The van der Waals surface area contributed by atoms with E-state index in [1.54, 1.807) is 36.8 Å². The number of aromatic nitrogens is 6. The van der Waals surface area contributed by atoms with Gasteiger partial charge in [-0.1, -0.05) is 0 Å². The summed E-state index contributed by atoms with van der Waals surface area (Å²) in [4.78, 5) is 11.2. The molecule has 4 aromatic heterocycles. The van der Waals surface area contributed by atoms with Crippen molar-refractivity contribution in [2.75, 3.05) is 24.7 Å². The van der Waals surface area contributed by atoms with Crippen LogP contribution in [0.15, 0.2) is 36.8 Å². The Balaban J connectivity index is 1.75. The van der Waals surface area contributed by atoms with Crippen LogP contribution in [0.4, 0.5) is 14.6 Å². The summed E-state index contributed by atoms with van der Waals surface area (Å²) in [6.07, 6.45) is 4.80. The van der Waals surface area contributed by atoms with Gasteiger partial charge in [0.05, 0.1) is 36.2 Å². The molecule has 0 saturated carbocycles. The van der Waals surface area contributed by atoms with Crippen LogP contribution in [0.5, 0.6) is 0 Å². The molecule has 0 bridgehead atoms. The fraction of sp³-hybridized carbons (Fsp3) is 0.333. The van der Waals surface area contributed by atoms with E-state index in [1.807, 2.05) is 11.8 Å². The zero-order valence-electron chi connectivity index (χ0n) is 16.7. The summed E-state index contributed by atoms with van der Waals surface area (Å²) in [6, 6.07) is 5.22. The van der Waals surface area contributed by atoms with Crippen molar-refractivity contribution < 1.29 is 13.5 Å². The Morgan fingerprint density at radius 1 is 1.19 bits per heavy atom. The van der Waals surface area contributed by atoms with Crippen molar-refractivity contribution in [1.29, 1.82) is 0 Å². The number of pyridine rings is 2. The first-order chi connectivity index (χ1) is 15.0. The van der Waals surface area contributed by atoms with Gasteiger partial charge >= 0.3 is 0 Å². The van der Waals surface area contributed by atoms with Gasteiger partial charge in [0, 0.05) is 36.1 Å². The maximum absolute atomic E-state index is 15.6. The maximum atomic E-state index is 15.6. The molecule has 0 aliphatic carbocycles. The summed E-state index contributed by atoms with van der Waals surface area (Å²) in [7, 11) is 0. The van der Waals surface area contributed by atoms with Gasteiger partial charge in [0.2, 0.25) is 0 Å². The molecule has 0 amide bonds. The van der Waals surface area contributed by atoms with Crippen LogP contribution >= 0.6 is 0 Å². The number of halogens is 2. The fourth-order valence-electron chi connectivity index (χ4n) is 4.56. The summed E-state index contributed by atoms with van der Waals surface area (Å²) in [6.45, 7) is 2.85. The minimum Gasteiger partial charge on any atom is -0.377 e. The second-order valence-corrected chi connectivity index (χ2v) is 7.91. The number of hydrogen-bond donors (Lipinski definition) is 1. The highest BCUT2D eigenvalue weighted by Crippen LogP contribution is 2.49. The van der Waals surface area contributed by atoms with Gasteiger partial charge in [-0.2, -0.15) is 19.0 Å². The lowest BCUT2D eigenvalue weighted by molar-refractivity contribution is -0.0275. The highest BCUT2D eigenvalue weighted by atomic mass is 19.3. The molecule has 0 spiro atoms. The molecule has 4 aromatic rings. The Morgan fingerprint density at radius 3 is 2.90 bits per heavy atom. The molecule has 10 heteroatoms. The predicted octanol–water partition coefficient (Wildman–Crippen LogP) is 3.21. The van der Waals surface area contributed by atoms with E-state index in [4.69, 9.17) is 9.72 Å². The minimum absolute atomic E-state index is 0.0523. The topological polar surface area (TPSA) is 84.8 Å². The van der Waals surface area contributed by atoms with E-state index in [1.165, 1.54) is 4.68 Å². The molecule has 1 fully saturated rings. The summed E-state index contributed by atoms with van der Waals surface area (Å²) in [5, 5.41) is 11.7. The molecule has 6 heterocycles. The predicted molar refractivity (Wildman–Crippen MR) is 110 cm³/mol. The third-order valence-electron chi connectivity index (χ3n) is 5.97. The van der Waals surface area contributed by atoms with Crippen molar-refractivity contribution >= 4 is 16.7 Å². The van der Waals surface area contributed by atoms with Crippen LogP contribution in [0.2, 0.25) is 0 Å². The van der Waals surface area contributed by atoms with E-state index in [-0.39, 0.29) is 17.4 Å². The van der Waals surface area contributed by atoms with Gasteiger partial charge in [-0.05, 0) is 25.1 Å². The Morgan fingerprint density at radius 2 is 2.10 bits per heavy atom. The maximum Gasteiger partial charge on any atom is 0.296 e. The first kappa shape index (κ1) is 18.4. The van der Waals surface area contributed by atoms with Crippen molar-refractivity contribution in [3.63, 3.8) is 0 Å². The van der Waals surface area contributed by atoms with Crippen molar-refractivity contribution in [3.8, 4) is 22.6 Å². The van der Waals surface area contributed by atoms with Crippen LogP contribution in [0.25, 0.3) is 33.5 Å². The fourth-order valence-corrected chi connectivity index (χ4v) is 4.56. The lowest BCUT2D eigenvalue weighted by Crippen LogP contribution is -2.45. The summed E-state index contributed by atoms with van der Waals surface area (Å²) in [5.41, 5.74) is 2.84. The van der Waals surface area contributed by atoms with Crippen LogP contribution in [0, 0.1) is 0 Å². The number of H-pyrrole nitrogens is 1. The number of anilines is 1. The molecular weight excluding hydrogens is 404 g/mol.